The molecular formula is C59H91N23O8. The Morgan fingerprint density at radius 1 is 0.489 bits per heavy atom. The number of unbranched alkanes of at least 4 members (excludes halogenated alkanes) is 1. The smallest absolute Gasteiger partial charge is 0.243 e. The number of carbonyl (C=O) groups is 8. The number of aromatic nitrogens is 4. The molecule has 0 aliphatic rings. The van der Waals surface area contributed by atoms with Crippen molar-refractivity contribution in [3.8, 4) is 0 Å². The first-order valence-electron chi connectivity index (χ1n) is 30.1. The van der Waals surface area contributed by atoms with Gasteiger partial charge in [-0.1, -0.05) is 56.7 Å². The summed E-state index contributed by atoms with van der Waals surface area (Å²) in [5, 5.41) is 24.1. The number of primary amides is 1. The molecule has 0 unspecified atom stereocenters. The molecule has 31 nitrogen and oxygen atoms in total. The van der Waals surface area contributed by atoms with Crippen LogP contribution in [0.5, 0.6) is 0 Å². The van der Waals surface area contributed by atoms with Crippen LogP contribution >= 0.6 is 0 Å². The van der Waals surface area contributed by atoms with Crippen LogP contribution in [0.4, 0.5) is 0 Å². The van der Waals surface area contributed by atoms with Crippen molar-refractivity contribution < 1.29 is 38.4 Å². The summed E-state index contributed by atoms with van der Waals surface area (Å²) in [5.41, 5.74) is 48.6. The van der Waals surface area contributed by atoms with E-state index in [1.807, 2.05) is 56.3 Å². The number of aliphatic imine (C=N–C) groups is 3. The Kier molecular flexibility index (Phi) is 28.8. The SMILES string of the molecule is CC[C@H](C)[C@H](NC)C(=O)N[C@@H](CCCN=C(N)N)C(=O)N[C@@H](CCCCN)C(=O)N[C@@H](CCCN=C(N)N)C(=O)N[C@@H](Cc1c[nH]c2ccccc12)C(=O)N[C@@H](Cc1cnc[nH]1)C(=O)N[C@@H](CCCN=C(N)N)C(=O)N[C@@H](Cc1c[nH]c2ccccc12)C(N)=O. The van der Waals surface area contributed by atoms with Crippen molar-refractivity contribution in [2.75, 3.05) is 33.2 Å². The first kappa shape index (κ1) is 71.0. The number of amides is 8. The summed E-state index contributed by atoms with van der Waals surface area (Å²) in [7, 11) is 1.64. The quantitative estimate of drug-likeness (QED) is 0.0107. The molecule has 27 N–H and O–H groups in total. The molecule has 9 atom stereocenters. The second-order valence-electron chi connectivity index (χ2n) is 22.0. The number of nitrogens with one attached hydrogen (secondary N) is 11. The van der Waals surface area contributed by atoms with Crippen molar-refractivity contribution >= 4 is 86.9 Å². The Balaban J connectivity index is 1.47. The molecule has 3 heterocycles. The molecule has 0 saturated heterocycles. The van der Waals surface area contributed by atoms with Crippen molar-refractivity contribution in [1.82, 2.24) is 62.5 Å². The van der Waals surface area contributed by atoms with Crippen molar-refractivity contribution in [3.05, 3.63) is 90.3 Å². The van der Waals surface area contributed by atoms with E-state index in [-0.39, 0.29) is 114 Å². The minimum Gasteiger partial charge on any atom is -0.370 e. The average Bonchev–Trinajstić information content (AvgIpc) is 3.01. The first-order valence-corrected chi connectivity index (χ1v) is 30.1. The van der Waals surface area contributed by atoms with Gasteiger partial charge in [0, 0.05) is 85.0 Å². The van der Waals surface area contributed by atoms with Gasteiger partial charge in [0.2, 0.25) is 47.3 Å². The van der Waals surface area contributed by atoms with Gasteiger partial charge in [-0.3, -0.25) is 53.3 Å². The number of hydrogen-bond acceptors (Lipinski definition) is 14. The Morgan fingerprint density at radius 2 is 0.867 bits per heavy atom. The minimum atomic E-state index is -1.47. The number of para-hydroxylation sites is 2. The van der Waals surface area contributed by atoms with Crippen molar-refractivity contribution in [2.45, 2.75) is 146 Å². The Bertz CT molecular complexity index is 3240. The van der Waals surface area contributed by atoms with Crippen LogP contribution in [0.1, 0.15) is 94.9 Å². The highest BCUT2D eigenvalue weighted by Crippen LogP contribution is 2.22. The molecule has 5 aromatic rings. The van der Waals surface area contributed by atoms with Gasteiger partial charge in [-0.05, 0) is 101 Å². The lowest BCUT2D eigenvalue weighted by Crippen LogP contribution is -2.61. The molecule has 0 aliphatic carbocycles. The first-order chi connectivity index (χ1) is 43.1. The van der Waals surface area contributed by atoms with Gasteiger partial charge in [0.15, 0.2) is 17.9 Å². The molecule has 0 aliphatic heterocycles. The fraction of sp³-hybridized carbons (Fsp3) is 0.492. The van der Waals surface area contributed by atoms with E-state index in [1.54, 1.807) is 25.5 Å². The van der Waals surface area contributed by atoms with Gasteiger partial charge in [-0.15, -0.1) is 0 Å². The van der Waals surface area contributed by atoms with E-state index in [2.05, 4.69) is 77.4 Å². The molecule has 8 amide bonds. The molecular weight excluding hydrogens is 1160 g/mol. The molecule has 31 heteroatoms. The Hall–Kier alpha value is -9.78. The van der Waals surface area contributed by atoms with E-state index >= 15 is 4.79 Å². The summed E-state index contributed by atoms with van der Waals surface area (Å²) in [6.07, 6.45) is 7.99. The van der Waals surface area contributed by atoms with Crippen molar-refractivity contribution in [3.63, 3.8) is 0 Å². The zero-order chi connectivity index (χ0) is 65.7. The van der Waals surface area contributed by atoms with Gasteiger partial charge < -0.3 is 103 Å². The molecule has 0 spiro atoms. The molecule has 0 bridgehead atoms. The second-order valence-corrected chi connectivity index (χ2v) is 22.0. The summed E-state index contributed by atoms with van der Waals surface area (Å²) in [6, 6.07) is 4.71. The van der Waals surface area contributed by atoms with Crippen LogP contribution in [0.15, 0.2) is 88.4 Å². The molecule has 0 radical (unpaired) electrons. The number of nitrogens with two attached hydrogens (primary N) is 8. The van der Waals surface area contributed by atoms with E-state index in [0.29, 0.717) is 36.1 Å². The maximum atomic E-state index is 15.1. The second kappa shape index (κ2) is 36.5. The summed E-state index contributed by atoms with van der Waals surface area (Å²) in [6.45, 7) is 4.35. The lowest BCUT2D eigenvalue weighted by molar-refractivity contribution is -0.136. The minimum absolute atomic E-state index is 0.00992. The third-order valence-electron chi connectivity index (χ3n) is 15.2. The van der Waals surface area contributed by atoms with E-state index in [9.17, 15) is 33.6 Å². The van der Waals surface area contributed by atoms with E-state index < -0.39 is 95.6 Å². The maximum absolute atomic E-state index is 15.1. The van der Waals surface area contributed by atoms with E-state index in [1.165, 1.54) is 12.5 Å². The number of H-pyrrole nitrogens is 3. The highest BCUT2D eigenvalue weighted by molar-refractivity contribution is 5.98. The number of rotatable bonds is 40. The number of guanidine groups is 3. The van der Waals surface area contributed by atoms with Gasteiger partial charge in [-0.2, -0.15) is 0 Å². The van der Waals surface area contributed by atoms with Crippen molar-refractivity contribution in [1.29, 1.82) is 0 Å². The van der Waals surface area contributed by atoms with Crippen LogP contribution in [0.2, 0.25) is 0 Å². The largest absolute Gasteiger partial charge is 0.370 e. The Morgan fingerprint density at radius 3 is 1.26 bits per heavy atom. The number of benzene rings is 2. The van der Waals surface area contributed by atoms with Crippen LogP contribution in [-0.2, 0) is 57.6 Å². The highest BCUT2D eigenvalue weighted by Gasteiger charge is 2.36. The number of aromatic amines is 3. The van der Waals surface area contributed by atoms with E-state index in [0.717, 1.165) is 21.8 Å². The number of imidazole rings is 1. The molecule has 490 valence electrons. The maximum Gasteiger partial charge on any atom is 0.243 e. The van der Waals surface area contributed by atoms with Gasteiger partial charge in [-0.25, -0.2) is 4.98 Å². The van der Waals surface area contributed by atoms with Gasteiger partial charge in [0.05, 0.1) is 12.4 Å². The third-order valence-corrected chi connectivity index (χ3v) is 15.2. The van der Waals surface area contributed by atoms with Crippen LogP contribution in [0, 0.1) is 5.92 Å². The molecule has 90 heavy (non-hydrogen) atoms. The predicted octanol–water partition coefficient (Wildman–Crippen LogP) is -2.80. The van der Waals surface area contributed by atoms with E-state index in [4.69, 9.17) is 45.9 Å². The monoisotopic (exact) mass is 1250 g/mol. The lowest BCUT2D eigenvalue weighted by atomic mass is 9.97. The zero-order valence-corrected chi connectivity index (χ0v) is 51.3. The highest BCUT2D eigenvalue weighted by atomic mass is 16.2. The standard InChI is InChI=1S/C59H91N23O8/c1-4-33(2)48(68-3)56(90)79-44(21-13-25-72-59(66)67)51(85)76-41(18-9-10-22-60)50(84)77-43(20-12-24-71-58(64)65)53(87)81-46(27-35-30-74-40-17-8-6-15-38(35)40)54(88)82-47(28-36-31-69-32-75-36)55(89)78-42(19-11-23-70-57(62)63)52(86)80-45(49(61)83)26-34-29-73-39-16-7-5-14-37(34)39/h5-8,14-17,29-33,41-48,68,73-74H,4,9-13,18-28,60H2,1-3H3,(H2,61,83)(H,69,75)(H,76,85)(H,77,84)(H,78,89)(H,79,90)(H,80,86)(H,81,87)(H,82,88)(H4,62,63,70)(H4,64,65,71)(H4,66,67,72)/t33-,41-,42-,43-,44-,45-,46-,47-,48-/m0/s1. The average molecular weight is 1250 g/mol. The summed E-state index contributed by atoms with van der Waals surface area (Å²) >= 11 is 0. The molecule has 0 fully saturated rings. The van der Waals surface area contributed by atoms with Gasteiger partial charge in [0.1, 0.15) is 42.3 Å². The van der Waals surface area contributed by atoms with Crippen LogP contribution < -0.4 is 88.4 Å². The predicted molar refractivity (Wildman–Crippen MR) is 344 cm³/mol. The fourth-order valence-electron chi connectivity index (χ4n) is 10.2. The fourth-order valence-corrected chi connectivity index (χ4v) is 10.2. The third kappa shape index (κ3) is 22.7. The molecule has 3 aromatic heterocycles. The lowest BCUT2D eigenvalue weighted by Gasteiger charge is -2.28. The Labute approximate surface area is 521 Å². The molecule has 2 aromatic carbocycles. The van der Waals surface area contributed by atoms with Crippen LogP contribution in [-0.4, -0.2) is 167 Å². The van der Waals surface area contributed by atoms with Gasteiger partial charge >= 0.3 is 0 Å². The summed E-state index contributed by atoms with van der Waals surface area (Å²) in [5.74, 6) is -6.71. The number of fused-ring (bicyclic) bond motifs is 2. The van der Waals surface area contributed by atoms with Crippen LogP contribution in [0.25, 0.3) is 21.8 Å². The number of hydrogen-bond donors (Lipinski definition) is 19. The van der Waals surface area contributed by atoms with Crippen molar-refractivity contribution in [2.24, 2.45) is 66.8 Å². The number of likely N-dealkylation sites (N-methyl/N-ethyl adjacent to an activating group) is 1. The van der Waals surface area contributed by atoms with Crippen LogP contribution in [0.3, 0.4) is 0 Å². The zero-order valence-electron chi connectivity index (χ0n) is 51.3. The molecule has 0 saturated carbocycles. The normalized spacial score (nSPS) is 14.2. The summed E-state index contributed by atoms with van der Waals surface area (Å²) < 4.78 is 0. The molecule has 5 rings (SSSR count). The number of nitrogens with zero attached hydrogens (tertiary/aromatic N) is 4. The summed E-state index contributed by atoms with van der Waals surface area (Å²) in [4.78, 5) is 140. The van der Waals surface area contributed by atoms with Gasteiger partial charge in [0.25, 0.3) is 0 Å². The topological polar surface area (TPSA) is 538 Å². The number of carbonyl (C=O) groups excluding carboxylic acids is 8.